The first-order valence-electron chi connectivity index (χ1n) is 16.3. The zero-order chi connectivity index (χ0) is 32.7. The van der Waals surface area contributed by atoms with Crippen LogP contribution in [0, 0.1) is 6.92 Å². The number of aromatic nitrogens is 4. The number of carbonyl (C=O) groups excluding carboxylic acids is 3. The third kappa shape index (κ3) is 5.91. The molecule has 3 amide bonds. The fourth-order valence-electron chi connectivity index (χ4n) is 7.26. The van der Waals surface area contributed by atoms with Crippen LogP contribution in [0.1, 0.15) is 63.1 Å². The Morgan fingerprint density at radius 2 is 1.77 bits per heavy atom. The predicted octanol–water partition coefficient (Wildman–Crippen LogP) is 3.58. The predicted molar refractivity (Wildman–Crippen MR) is 180 cm³/mol. The van der Waals surface area contributed by atoms with Gasteiger partial charge in [0.25, 0.3) is 5.91 Å². The molecule has 0 fully saturated rings. The molecule has 0 saturated heterocycles. The van der Waals surface area contributed by atoms with Crippen LogP contribution < -0.4 is 10.6 Å². The molecule has 3 aliphatic rings. The van der Waals surface area contributed by atoms with E-state index in [2.05, 4.69) is 61.0 Å². The lowest BCUT2D eigenvalue weighted by atomic mass is 9.79. The number of pyridine rings is 2. The van der Waals surface area contributed by atoms with E-state index in [1.807, 2.05) is 19.1 Å². The van der Waals surface area contributed by atoms with Gasteiger partial charge in [-0.3, -0.25) is 24.5 Å². The number of rotatable bonds is 2. The van der Waals surface area contributed by atoms with Crippen molar-refractivity contribution in [1.29, 1.82) is 0 Å². The second kappa shape index (κ2) is 12.4. The number of hydrogen-bond acceptors (Lipinski definition) is 7. The highest BCUT2D eigenvalue weighted by molar-refractivity contribution is 6.06. The SMILES string of the molecule is Cc1cc(C[C@H]2NC(=O)c3cc4c(cn3)C[C@@]3(C4)C(=O)Nc4ncc(cc43)/C=C\CN(C)CCCCCN(C)C2=O)cc2cn[nH]c12. The third-order valence-corrected chi connectivity index (χ3v) is 9.88. The Morgan fingerprint density at radius 1 is 0.936 bits per heavy atom. The Balaban J connectivity index is 1.21. The van der Waals surface area contributed by atoms with Crippen LogP contribution in [0.15, 0.2) is 48.9 Å². The number of aryl methyl sites for hydroxylation is 1. The fraction of sp³-hybridized carbons (Fsp3) is 0.389. The van der Waals surface area contributed by atoms with Crippen molar-refractivity contribution >= 4 is 40.5 Å². The van der Waals surface area contributed by atoms with Crippen LogP contribution in [-0.4, -0.2) is 87.5 Å². The highest BCUT2D eigenvalue weighted by atomic mass is 16.2. The first kappa shape index (κ1) is 30.7. The molecule has 11 heteroatoms. The molecule has 1 aliphatic carbocycles. The molecule has 11 nitrogen and oxygen atoms in total. The number of benzene rings is 1. The summed E-state index contributed by atoms with van der Waals surface area (Å²) in [7, 11) is 3.91. The van der Waals surface area contributed by atoms with Gasteiger partial charge in [-0.15, -0.1) is 0 Å². The molecule has 4 aromatic rings. The third-order valence-electron chi connectivity index (χ3n) is 9.88. The van der Waals surface area contributed by atoms with Gasteiger partial charge in [0.05, 0.1) is 17.1 Å². The van der Waals surface area contributed by atoms with E-state index in [1.54, 1.807) is 36.6 Å². The second-order valence-corrected chi connectivity index (χ2v) is 13.4. The van der Waals surface area contributed by atoms with Crippen LogP contribution in [0.25, 0.3) is 17.0 Å². The molecule has 1 spiro atoms. The van der Waals surface area contributed by atoms with Crippen LogP contribution in [0.5, 0.6) is 0 Å². The molecule has 5 heterocycles. The Hall–Kier alpha value is -4.90. The average Bonchev–Trinajstić information content (AvgIpc) is 3.75. The van der Waals surface area contributed by atoms with Gasteiger partial charge in [0.2, 0.25) is 11.8 Å². The second-order valence-electron chi connectivity index (χ2n) is 13.4. The molecular weight excluding hydrogens is 592 g/mol. The van der Waals surface area contributed by atoms with E-state index in [-0.39, 0.29) is 17.5 Å². The van der Waals surface area contributed by atoms with Gasteiger partial charge >= 0.3 is 0 Å². The summed E-state index contributed by atoms with van der Waals surface area (Å²) in [6.07, 6.45) is 13.6. The lowest BCUT2D eigenvalue weighted by Gasteiger charge is -2.25. The van der Waals surface area contributed by atoms with E-state index in [0.29, 0.717) is 31.6 Å². The van der Waals surface area contributed by atoms with Crippen LogP contribution in [0.4, 0.5) is 5.82 Å². The van der Waals surface area contributed by atoms with E-state index in [1.165, 1.54) is 0 Å². The highest BCUT2D eigenvalue weighted by Gasteiger charge is 2.51. The minimum Gasteiger partial charge on any atom is -0.344 e. The van der Waals surface area contributed by atoms with Crippen molar-refractivity contribution in [3.05, 3.63) is 88.0 Å². The summed E-state index contributed by atoms with van der Waals surface area (Å²) < 4.78 is 0. The van der Waals surface area contributed by atoms with Gasteiger partial charge < -0.3 is 20.4 Å². The van der Waals surface area contributed by atoms with E-state index in [9.17, 15) is 14.4 Å². The van der Waals surface area contributed by atoms with Crippen LogP contribution in [-0.2, 0) is 34.3 Å². The van der Waals surface area contributed by atoms with E-state index >= 15 is 0 Å². The van der Waals surface area contributed by atoms with Gasteiger partial charge in [-0.25, -0.2) is 4.98 Å². The summed E-state index contributed by atoms with van der Waals surface area (Å²) in [5.41, 5.74) is 5.99. The van der Waals surface area contributed by atoms with Crippen molar-refractivity contribution in [2.75, 3.05) is 39.0 Å². The zero-order valence-corrected chi connectivity index (χ0v) is 27.1. The molecule has 242 valence electrons. The number of carbonyl (C=O) groups is 3. The maximum absolute atomic E-state index is 13.9. The van der Waals surface area contributed by atoms with E-state index in [4.69, 9.17) is 0 Å². The summed E-state index contributed by atoms with van der Waals surface area (Å²) in [6.45, 7) is 4.33. The summed E-state index contributed by atoms with van der Waals surface area (Å²) in [5.74, 6) is -0.0598. The summed E-state index contributed by atoms with van der Waals surface area (Å²) in [4.78, 5) is 54.3. The number of anilines is 1. The van der Waals surface area contributed by atoms with Gasteiger partial charge in [0.1, 0.15) is 17.6 Å². The fourth-order valence-corrected chi connectivity index (χ4v) is 7.26. The largest absolute Gasteiger partial charge is 0.344 e. The van der Waals surface area contributed by atoms with Crippen LogP contribution in [0.2, 0.25) is 0 Å². The maximum atomic E-state index is 13.9. The average molecular weight is 633 g/mol. The smallest absolute Gasteiger partial charge is 0.270 e. The lowest BCUT2D eigenvalue weighted by Crippen LogP contribution is -2.49. The van der Waals surface area contributed by atoms with E-state index < -0.39 is 17.4 Å². The normalized spacial score (nSPS) is 23.0. The van der Waals surface area contributed by atoms with Gasteiger partial charge in [0, 0.05) is 49.9 Å². The number of H-pyrrole nitrogens is 1. The number of amides is 3. The van der Waals surface area contributed by atoms with Crippen molar-refractivity contribution < 1.29 is 14.4 Å². The number of hydrogen-bond donors (Lipinski definition) is 3. The van der Waals surface area contributed by atoms with Crippen molar-refractivity contribution in [2.24, 2.45) is 0 Å². The zero-order valence-electron chi connectivity index (χ0n) is 27.1. The summed E-state index contributed by atoms with van der Waals surface area (Å²) >= 11 is 0. The van der Waals surface area contributed by atoms with Crippen LogP contribution >= 0.6 is 0 Å². The number of aromatic amines is 1. The van der Waals surface area contributed by atoms with Crippen molar-refractivity contribution in [2.45, 2.75) is 56.9 Å². The molecule has 2 aliphatic heterocycles. The van der Waals surface area contributed by atoms with Crippen molar-refractivity contribution in [3.63, 3.8) is 0 Å². The molecule has 3 N–H and O–H groups in total. The minimum atomic E-state index is -0.802. The van der Waals surface area contributed by atoms with Crippen molar-refractivity contribution in [3.8, 4) is 0 Å². The Bertz CT molecular complexity index is 1920. The highest BCUT2D eigenvalue weighted by Crippen LogP contribution is 2.47. The summed E-state index contributed by atoms with van der Waals surface area (Å²) in [5, 5.41) is 14.2. The van der Waals surface area contributed by atoms with Gasteiger partial charge in [-0.1, -0.05) is 24.6 Å². The monoisotopic (exact) mass is 632 g/mol. The number of nitrogens with one attached hydrogen (secondary N) is 3. The van der Waals surface area contributed by atoms with Crippen molar-refractivity contribution in [1.82, 2.24) is 35.3 Å². The topological polar surface area (TPSA) is 136 Å². The number of nitrogens with zero attached hydrogens (tertiary/aromatic N) is 5. The molecule has 0 radical (unpaired) electrons. The molecular formula is C36H40N8O3. The number of likely N-dealkylation sites (N-methyl/N-ethyl adjacent to an activating group) is 2. The van der Waals surface area contributed by atoms with Crippen LogP contribution in [0.3, 0.4) is 0 Å². The molecule has 2 atom stereocenters. The number of fused-ring (bicyclic) bond motifs is 3. The Labute approximate surface area is 273 Å². The van der Waals surface area contributed by atoms with E-state index in [0.717, 1.165) is 76.6 Å². The Morgan fingerprint density at radius 3 is 2.64 bits per heavy atom. The molecule has 47 heavy (non-hydrogen) atoms. The lowest BCUT2D eigenvalue weighted by molar-refractivity contribution is -0.132. The van der Waals surface area contributed by atoms with Gasteiger partial charge in [-0.2, -0.15) is 5.10 Å². The standard InChI is InChI=1S/C36H40N8O3/c1-22-12-24(13-26-21-39-42-31(22)26)15-30-34(46)44(3)11-6-4-5-9-43(2)10-7-8-23-14-28-32(38-19-23)41-35(47)36(28)17-25-16-29(33(45)40-30)37-20-27(25)18-36/h7-8,12-14,16,19-21,30H,4-6,9-11,15,17-18H2,1-3H3,(H,39,42)(H,40,45)(H,38,41,47)/b8-7-/t30-,36-/m1/s1. The molecule has 0 unspecified atom stereocenters. The molecule has 5 bridgehead atoms. The van der Waals surface area contributed by atoms with Gasteiger partial charge in [-0.05, 0) is 92.2 Å². The summed E-state index contributed by atoms with van der Waals surface area (Å²) in [6, 6.07) is 7.09. The molecule has 3 aromatic heterocycles. The maximum Gasteiger partial charge on any atom is 0.270 e. The first-order valence-corrected chi connectivity index (χ1v) is 16.3. The van der Waals surface area contributed by atoms with Gasteiger partial charge in [0.15, 0.2) is 0 Å². The first-order chi connectivity index (χ1) is 22.7. The molecule has 7 rings (SSSR count). The Kier molecular flexibility index (Phi) is 8.09. The quantitative estimate of drug-likeness (QED) is 0.307. The molecule has 0 saturated carbocycles. The molecule has 1 aromatic carbocycles. The minimum absolute atomic E-state index is 0.0869.